The molecule has 0 aromatic heterocycles. The van der Waals surface area contributed by atoms with Crippen molar-refractivity contribution >= 4 is 42.2 Å². The highest BCUT2D eigenvalue weighted by Crippen LogP contribution is 2.56. The number of halogens is 1. The average molecular weight is 620 g/mol. The molecule has 42 heavy (non-hydrogen) atoms. The van der Waals surface area contributed by atoms with Crippen molar-refractivity contribution in [2.45, 2.75) is 63.1 Å². The van der Waals surface area contributed by atoms with Crippen LogP contribution in [0.3, 0.4) is 0 Å². The molecular formula is C30H38FNO8SSi. The van der Waals surface area contributed by atoms with Crippen LogP contribution < -0.4 is 9.04 Å². The molecule has 0 saturated heterocycles. The molecule has 12 heteroatoms. The molecule has 1 aliphatic heterocycles. The van der Waals surface area contributed by atoms with Gasteiger partial charge in [0, 0.05) is 5.92 Å². The largest absolute Gasteiger partial charge is 0.492 e. The Morgan fingerprint density at radius 3 is 2.45 bits per heavy atom. The van der Waals surface area contributed by atoms with Crippen molar-refractivity contribution in [2.75, 3.05) is 31.7 Å². The second-order valence-electron chi connectivity index (χ2n) is 12.2. The standard InChI is InChI=1S/C30H38FNO8SSi/c1-18(16-40-42(7,8)30(2,3)4)13-19-14-21(31)9-12-25(19)41(35,36)32(29(34)38-6)24-11-10-22-23-15-20(23)17-39-27(22)26(24)28(33)37-5/h9-14,20,23H,15-17H2,1-8H3/b18-13-/t20?,23-/m0/s1. The number of carbonyl (C=O) groups is 2. The van der Waals surface area contributed by atoms with Gasteiger partial charge in [0.2, 0.25) is 0 Å². The summed E-state index contributed by atoms with van der Waals surface area (Å²) in [6.45, 7) is 12.8. The molecular weight excluding hydrogens is 581 g/mol. The summed E-state index contributed by atoms with van der Waals surface area (Å²) < 4.78 is 65.4. The van der Waals surface area contributed by atoms with E-state index in [2.05, 4.69) is 33.9 Å². The van der Waals surface area contributed by atoms with E-state index in [1.165, 1.54) is 12.1 Å². The van der Waals surface area contributed by atoms with Gasteiger partial charge in [-0.2, -0.15) is 4.31 Å². The highest BCUT2D eigenvalue weighted by atomic mass is 32.2. The smallest absolute Gasteiger partial charge is 0.428 e. The minimum absolute atomic E-state index is 0.00915. The summed E-state index contributed by atoms with van der Waals surface area (Å²) in [5.74, 6) is -0.853. The van der Waals surface area contributed by atoms with Gasteiger partial charge in [0.15, 0.2) is 8.32 Å². The number of esters is 1. The van der Waals surface area contributed by atoms with Gasteiger partial charge in [0.25, 0.3) is 10.0 Å². The van der Waals surface area contributed by atoms with Crippen LogP contribution in [0.1, 0.15) is 61.5 Å². The second kappa shape index (κ2) is 11.5. The molecule has 4 rings (SSSR count). The Morgan fingerprint density at radius 2 is 1.83 bits per heavy atom. The predicted octanol–water partition coefficient (Wildman–Crippen LogP) is 6.50. The predicted molar refractivity (Wildman–Crippen MR) is 159 cm³/mol. The van der Waals surface area contributed by atoms with E-state index in [1.54, 1.807) is 13.0 Å². The highest BCUT2D eigenvalue weighted by Gasteiger charge is 2.47. The van der Waals surface area contributed by atoms with Crippen molar-refractivity contribution in [2.24, 2.45) is 5.92 Å². The topological polar surface area (TPSA) is 108 Å². The van der Waals surface area contributed by atoms with Gasteiger partial charge in [-0.15, -0.1) is 0 Å². The van der Waals surface area contributed by atoms with Gasteiger partial charge in [-0.3, -0.25) is 0 Å². The zero-order valence-electron chi connectivity index (χ0n) is 25.2. The summed E-state index contributed by atoms with van der Waals surface area (Å²) in [5.41, 5.74) is 0.925. The van der Waals surface area contributed by atoms with E-state index in [0.29, 0.717) is 22.4 Å². The van der Waals surface area contributed by atoms with Crippen LogP contribution in [0.15, 0.2) is 40.8 Å². The third-order valence-corrected chi connectivity index (χ3v) is 14.5. The van der Waals surface area contributed by atoms with Crippen molar-refractivity contribution in [3.63, 3.8) is 0 Å². The summed E-state index contributed by atoms with van der Waals surface area (Å²) in [7, 11) is -4.70. The number of hydrogen-bond donors (Lipinski definition) is 0. The molecule has 1 heterocycles. The molecule has 0 bridgehead atoms. The van der Waals surface area contributed by atoms with Crippen LogP contribution in [-0.2, 0) is 23.9 Å². The molecule has 1 aliphatic carbocycles. The zero-order chi connectivity index (χ0) is 31.2. The van der Waals surface area contributed by atoms with E-state index in [0.717, 1.165) is 44.4 Å². The molecule has 1 amide bonds. The summed E-state index contributed by atoms with van der Waals surface area (Å²) >= 11 is 0. The fraction of sp³-hybridized carbons (Fsp3) is 0.467. The highest BCUT2D eigenvalue weighted by molar-refractivity contribution is 7.93. The number of amides is 1. The first kappa shape index (κ1) is 31.7. The number of rotatable bonds is 8. The Kier molecular flexibility index (Phi) is 8.65. The number of fused-ring (bicyclic) bond motifs is 3. The molecule has 1 saturated carbocycles. The summed E-state index contributed by atoms with van der Waals surface area (Å²) in [4.78, 5) is 25.8. The van der Waals surface area contributed by atoms with Gasteiger partial charge in [0.05, 0.1) is 38.0 Å². The van der Waals surface area contributed by atoms with Crippen LogP contribution in [0, 0.1) is 11.7 Å². The van der Waals surface area contributed by atoms with Gasteiger partial charge < -0.3 is 18.6 Å². The Labute approximate surface area is 247 Å². The summed E-state index contributed by atoms with van der Waals surface area (Å²) in [6.07, 6.45) is 1.14. The van der Waals surface area contributed by atoms with Crippen LogP contribution in [-0.4, -0.2) is 56.2 Å². The fourth-order valence-electron chi connectivity index (χ4n) is 4.70. The Balaban J connectivity index is 1.83. The van der Waals surface area contributed by atoms with Crippen molar-refractivity contribution in [3.8, 4) is 5.75 Å². The van der Waals surface area contributed by atoms with Crippen LogP contribution in [0.5, 0.6) is 5.75 Å². The maximum Gasteiger partial charge on any atom is 0.428 e. The maximum absolute atomic E-state index is 14.5. The SMILES string of the molecule is COC(=O)c1c(N(C(=O)OC)S(=O)(=O)c2ccc(F)cc2/C=C(/C)CO[Si](C)(C)C(C)(C)C)ccc2c1OCC1C[C@H]21. The lowest BCUT2D eigenvalue weighted by Gasteiger charge is -2.36. The van der Waals surface area contributed by atoms with E-state index in [-0.39, 0.29) is 45.0 Å². The molecule has 2 aliphatic rings. The zero-order valence-corrected chi connectivity index (χ0v) is 27.1. The first-order chi connectivity index (χ1) is 19.5. The number of anilines is 1. The van der Waals surface area contributed by atoms with Gasteiger partial charge >= 0.3 is 12.1 Å². The quantitative estimate of drug-likeness (QED) is 0.244. The molecule has 0 radical (unpaired) electrons. The lowest BCUT2D eigenvalue weighted by Crippen LogP contribution is -2.41. The van der Waals surface area contributed by atoms with Crippen molar-refractivity contribution < 1.29 is 41.0 Å². The van der Waals surface area contributed by atoms with E-state index < -0.39 is 36.2 Å². The number of sulfonamides is 1. The maximum atomic E-state index is 14.5. The number of hydrogen-bond acceptors (Lipinski definition) is 8. The summed E-state index contributed by atoms with van der Waals surface area (Å²) in [6, 6.07) is 6.17. The van der Waals surface area contributed by atoms with Gasteiger partial charge in [0.1, 0.15) is 17.1 Å². The molecule has 2 atom stereocenters. The molecule has 1 fully saturated rings. The lowest BCUT2D eigenvalue weighted by molar-refractivity contribution is 0.0596. The number of benzene rings is 2. The first-order valence-corrected chi connectivity index (χ1v) is 18.0. The Hall–Kier alpha value is -3.22. The number of nitrogens with zero attached hydrogens (tertiary/aromatic N) is 1. The minimum Gasteiger partial charge on any atom is -0.492 e. The summed E-state index contributed by atoms with van der Waals surface area (Å²) in [5, 5.41) is -0.0436. The fourth-order valence-corrected chi connectivity index (χ4v) is 7.26. The molecule has 0 N–H and O–H groups in total. The third kappa shape index (κ3) is 5.97. The van der Waals surface area contributed by atoms with Crippen LogP contribution in [0.2, 0.25) is 18.1 Å². The first-order valence-electron chi connectivity index (χ1n) is 13.7. The number of carbonyl (C=O) groups excluding carboxylic acids is 2. The molecule has 2 aromatic carbocycles. The molecule has 1 unspecified atom stereocenters. The van der Waals surface area contributed by atoms with Crippen molar-refractivity contribution in [3.05, 3.63) is 58.4 Å². The van der Waals surface area contributed by atoms with Gasteiger partial charge in [-0.1, -0.05) is 32.9 Å². The van der Waals surface area contributed by atoms with Gasteiger partial charge in [-0.25, -0.2) is 22.4 Å². The monoisotopic (exact) mass is 619 g/mol. The van der Waals surface area contributed by atoms with Crippen molar-refractivity contribution in [1.29, 1.82) is 0 Å². The molecule has 228 valence electrons. The average Bonchev–Trinajstić information content (AvgIpc) is 3.71. The van der Waals surface area contributed by atoms with E-state index in [4.69, 9.17) is 18.6 Å². The molecule has 2 aromatic rings. The van der Waals surface area contributed by atoms with Crippen LogP contribution in [0.4, 0.5) is 14.9 Å². The number of ether oxygens (including phenoxy) is 3. The molecule has 9 nitrogen and oxygen atoms in total. The lowest BCUT2D eigenvalue weighted by atomic mass is 10.00. The van der Waals surface area contributed by atoms with Crippen LogP contribution >= 0.6 is 0 Å². The van der Waals surface area contributed by atoms with E-state index in [1.807, 2.05) is 0 Å². The second-order valence-corrected chi connectivity index (χ2v) is 18.8. The van der Waals surface area contributed by atoms with Crippen LogP contribution in [0.25, 0.3) is 6.08 Å². The van der Waals surface area contributed by atoms with Gasteiger partial charge in [-0.05, 0) is 78.4 Å². The third-order valence-electron chi connectivity index (χ3n) is 8.24. The van der Waals surface area contributed by atoms with E-state index in [9.17, 15) is 22.4 Å². The molecule has 0 spiro atoms. The Morgan fingerprint density at radius 1 is 1.14 bits per heavy atom. The minimum atomic E-state index is -4.77. The number of methoxy groups -OCH3 is 2. The van der Waals surface area contributed by atoms with Crippen molar-refractivity contribution in [1.82, 2.24) is 0 Å². The normalized spacial score (nSPS) is 18.4. The Bertz CT molecular complexity index is 1550. The van der Waals surface area contributed by atoms with E-state index >= 15 is 0 Å².